The molecule has 0 radical (unpaired) electrons. The van der Waals surface area contributed by atoms with Crippen molar-refractivity contribution in [3.8, 4) is 17.1 Å². The van der Waals surface area contributed by atoms with E-state index in [9.17, 15) is 18.3 Å². The first-order valence-electron chi connectivity index (χ1n) is 7.77. The van der Waals surface area contributed by atoms with Crippen molar-refractivity contribution in [3.05, 3.63) is 54.4 Å². The van der Waals surface area contributed by atoms with Crippen LogP contribution >= 0.6 is 0 Å². The second-order valence-corrected chi connectivity index (χ2v) is 7.63. The van der Waals surface area contributed by atoms with Crippen molar-refractivity contribution in [2.75, 3.05) is 0 Å². The zero-order valence-electron chi connectivity index (χ0n) is 14.1. The molecule has 0 unspecified atom stereocenters. The maximum atomic E-state index is 12.4. The fourth-order valence-electron chi connectivity index (χ4n) is 2.40. The van der Waals surface area contributed by atoms with Crippen LogP contribution in [-0.2, 0) is 10.0 Å². The van der Waals surface area contributed by atoms with Crippen LogP contribution in [0.3, 0.4) is 0 Å². The summed E-state index contributed by atoms with van der Waals surface area (Å²) in [5.74, 6) is -0.682. The molecular weight excluding hydrogens is 358 g/mol. The van der Waals surface area contributed by atoms with Crippen LogP contribution in [0.1, 0.15) is 24.2 Å². The smallest absolute Gasteiger partial charge is 0.335 e. The lowest BCUT2D eigenvalue weighted by molar-refractivity contribution is 0.0696. The number of rotatable bonds is 6. The molecule has 0 aliphatic rings. The predicted octanol–water partition coefficient (Wildman–Crippen LogP) is 2.52. The number of furan rings is 1. The number of hydrogen-bond acceptors (Lipinski definition) is 5. The van der Waals surface area contributed by atoms with Crippen LogP contribution in [0.15, 0.2) is 58.2 Å². The molecule has 0 spiro atoms. The lowest BCUT2D eigenvalue weighted by Gasteiger charge is -2.12. The summed E-state index contributed by atoms with van der Waals surface area (Å²) in [7, 11) is -3.86. The van der Waals surface area contributed by atoms with E-state index in [4.69, 9.17) is 4.42 Å². The van der Waals surface area contributed by atoms with Crippen molar-refractivity contribution in [1.82, 2.24) is 14.5 Å². The van der Waals surface area contributed by atoms with Crippen molar-refractivity contribution in [3.63, 3.8) is 0 Å². The standard InChI is InChI=1S/C17H17N3O5S/c1-11(2)19-26(23,24)14-9-12(17(21)22)8-13(10-14)20-6-5-15(18-20)16-4-3-7-25-16/h3-11,19H,1-2H3,(H,21,22). The number of nitrogens with one attached hydrogen (secondary N) is 1. The summed E-state index contributed by atoms with van der Waals surface area (Å²) in [5, 5.41) is 13.6. The van der Waals surface area contributed by atoms with Gasteiger partial charge in [-0.2, -0.15) is 5.10 Å². The quantitative estimate of drug-likeness (QED) is 0.684. The Morgan fingerprint density at radius 1 is 1.27 bits per heavy atom. The average molecular weight is 375 g/mol. The number of aromatic carboxylic acids is 1. The number of nitrogens with zero attached hydrogens (tertiary/aromatic N) is 2. The van der Waals surface area contributed by atoms with Gasteiger partial charge in [-0.15, -0.1) is 0 Å². The van der Waals surface area contributed by atoms with Crippen LogP contribution in [0.4, 0.5) is 0 Å². The van der Waals surface area contributed by atoms with Gasteiger partial charge in [0.25, 0.3) is 0 Å². The molecule has 136 valence electrons. The monoisotopic (exact) mass is 375 g/mol. The summed E-state index contributed by atoms with van der Waals surface area (Å²) in [5.41, 5.74) is 0.703. The highest BCUT2D eigenvalue weighted by Crippen LogP contribution is 2.22. The lowest BCUT2D eigenvalue weighted by Crippen LogP contribution is -2.30. The number of benzene rings is 1. The first-order chi connectivity index (χ1) is 12.3. The van der Waals surface area contributed by atoms with Crippen molar-refractivity contribution >= 4 is 16.0 Å². The van der Waals surface area contributed by atoms with E-state index in [1.807, 2.05) is 0 Å². The molecule has 0 aliphatic heterocycles. The number of sulfonamides is 1. The van der Waals surface area contributed by atoms with Crippen LogP contribution in [0.25, 0.3) is 17.1 Å². The number of carboxylic acid groups (broad SMARTS) is 1. The summed E-state index contributed by atoms with van der Waals surface area (Å²) >= 11 is 0. The Balaban J connectivity index is 2.09. The van der Waals surface area contributed by atoms with E-state index < -0.39 is 16.0 Å². The number of aromatic nitrogens is 2. The zero-order chi connectivity index (χ0) is 18.9. The molecule has 9 heteroatoms. The van der Waals surface area contributed by atoms with Gasteiger partial charge in [0, 0.05) is 12.2 Å². The van der Waals surface area contributed by atoms with E-state index >= 15 is 0 Å². The third kappa shape index (κ3) is 3.68. The average Bonchev–Trinajstić information content (AvgIpc) is 3.24. The Kier molecular flexibility index (Phi) is 4.66. The molecule has 0 saturated carbocycles. The number of hydrogen-bond donors (Lipinski definition) is 2. The largest absolute Gasteiger partial charge is 0.478 e. The van der Waals surface area contributed by atoms with Crippen molar-refractivity contribution in [2.24, 2.45) is 0 Å². The highest BCUT2D eigenvalue weighted by atomic mass is 32.2. The summed E-state index contributed by atoms with van der Waals surface area (Å²) in [4.78, 5) is 11.3. The van der Waals surface area contributed by atoms with E-state index in [-0.39, 0.29) is 16.5 Å². The van der Waals surface area contributed by atoms with Gasteiger partial charge in [-0.25, -0.2) is 22.6 Å². The molecule has 0 atom stereocenters. The Labute approximate surface area is 150 Å². The second kappa shape index (κ2) is 6.77. The fraction of sp³-hybridized carbons (Fsp3) is 0.176. The molecule has 1 aromatic carbocycles. The number of carboxylic acids is 1. The van der Waals surface area contributed by atoms with E-state index in [0.717, 1.165) is 6.07 Å². The maximum Gasteiger partial charge on any atom is 0.335 e. The van der Waals surface area contributed by atoms with Gasteiger partial charge < -0.3 is 9.52 Å². The molecular formula is C17H17N3O5S. The maximum absolute atomic E-state index is 12.4. The Morgan fingerprint density at radius 2 is 2.04 bits per heavy atom. The van der Waals surface area contributed by atoms with Crippen LogP contribution < -0.4 is 4.72 Å². The predicted molar refractivity (Wildman–Crippen MR) is 93.7 cm³/mol. The highest BCUT2D eigenvalue weighted by Gasteiger charge is 2.20. The molecule has 0 aliphatic carbocycles. The van der Waals surface area contributed by atoms with Crippen LogP contribution in [0, 0.1) is 0 Å². The van der Waals surface area contributed by atoms with Gasteiger partial charge in [0.1, 0.15) is 5.69 Å². The van der Waals surface area contributed by atoms with Gasteiger partial charge in [0.15, 0.2) is 5.76 Å². The normalized spacial score (nSPS) is 11.8. The summed E-state index contributed by atoms with van der Waals surface area (Å²) in [6, 6.07) is 8.67. The fourth-order valence-corrected chi connectivity index (χ4v) is 3.71. The number of carbonyl (C=O) groups is 1. The van der Waals surface area contributed by atoms with Crippen LogP contribution in [0.2, 0.25) is 0 Å². The van der Waals surface area contributed by atoms with Gasteiger partial charge in [0.05, 0.1) is 22.4 Å². The first kappa shape index (κ1) is 17.9. The molecule has 2 aromatic heterocycles. The minimum Gasteiger partial charge on any atom is -0.478 e. The van der Waals surface area contributed by atoms with Gasteiger partial charge in [-0.1, -0.05) is 0 Å². The topological polar surface area (TPSA) is 114 Å². The first-order valence-corrected chi connectivity index (χ1v) is 9.25. The van der Waals surface area contributed by atoms with Gasteiger partial charge >= 0.3 is 5.97 Å². The molecule has 0 amide bonds. The molecule has 0 saturated heterocycles. The second-order valence-electron chi connectivity index (χ2n) is 5.92. The molecule has 3 aromatic rings. The molecule has 2 N–H and O–H groups in total. The van der Waals surface area contributed by atoms with Crippen LogP contribution in [0.5, 0.6) is 0 Å². The third-order valence-corrected chi connectivity index (χ3v) is 5.10. The molecule has 26 heavy (non-hydrogen) atoms. The minimum absolute atomic E-state index is 0.142. The minimum atomic E-state index is -3.86. The summed E-state index contributed by atoms with van der Waals surface area (Å²) in [6.45, 7) is 3.37. The molecule has 2 heterocycles. The molecule has 3 rings (SSSR count). The summed E-state index contributed by atoms with van der Waals surface area (Å²) in [6.07, 6.45) is 3.12. The van der Waals surface area contributed by atoms with Gasteiger partial charge in [-0.3, -0.25) is 0 Å². The lowest BCUT2D eigenvalue weighted by atomic mass is 10.2. The Hall–Kier alpha value is -2.91. The van der Waals surface area contributed by atoms with Crippen molar-refractivity contribution in [2.45, 2.75) is 24.8 Å². The summed E-state index contributed by atoms with van der Waals surface area (Å²) < 4.78 is 34.0. The van der Waals surface area contributed by atoms with Gasteiger partial charge in [0.2, 0.25) is 10.0 Å². The molecule has 8 nitrogen and oxygen atoms in total. The van der Waals surface area contributed by atoms with Crippen molar-refractivity contribution in [1.29, 1.82) is 0 Å². The third-order valence-electron chi connectivity index (χ3n) is 3.47. The molecule has 0 bridgehead atoms. The van der Waals surface area contributed by atoms with Gasteiger partial charge in [-0.05, 0) is 50.2 Å². The highest BCUT2D eigenvalue weighted by molar-refractivity contribution is 7.89. The Bertz CT molecular complexity index is 1040. The zero-order valence-corrected chi connectivity index (χ0v) is 14.9. The van der Waals surface area contributed by atoms with Crippen LogP contribution in [-0.4, -0.2) is 35.3 Å². The van der Waals surface area contributed by atoms with E-state index in [1.54, 1.807) is 38.2 Å². The van der Waals surface area contributed by atoms with E-state index in [0.29, 0.717) is 17.1 Å². The van der Waals surface area contributed by atoms with E-state index in [2.05, 4.69) is 9.82 Å². The molecule has 0 fully saturated rings. The van der Waals surface area contributed by atoms with Crippen molar-refractivity contribution < 1.29 is 22.7 Å². The Morgan fingerprint density at radius 3 is 2.65 bits per heavy atom. The SMILES string of the molecule is CC(C)NS(=O)(=O)c1cc(C(=O)O)cc(-n2ccc(-c3ccco3)n2)c1. The van der Waals surface area contributed by atoms with E-state index in [1.165, 1.54) is 23.1 Å².